The normalized spacial score (nSPS) is 12.7. The van der Waals surface area contributed by atoms with Gasteiger partial charge in [0.1, 0.15) is 12.4 Å². The van der Waals surface area contributed by atoms with Crippen LogP contribution in [-0.2, 0) is 22.7 Å². The third kappa shape index (κ3) is 4.86. The highest BCUT2D eigenvalue weighted by Gasteiger charge is 2.23. The topological polar surface area (TPSA) is 76.5 Å². The second-order valence-electron chi connectivity index (χ2n) is 7.16. The number of para-hydroxylation sites is 2. The van der Waals surface area contributed by atoms with E-state index in [4.69, 9.17) is 4.74 Å². The Morgan fingerprint density at radius 3 is 2.77 bits per heavy atom. The van der Waals surface area contributed by atoms with Gasteiger partial charge in [0, 0.05) is 31.8 Å². The van der Waals surface area contributed by atoms with Crippen molar-refractivity contribution >= 4 is 17.5 Å². The third-order valence-electron chi connectivity index (χ3n) is 4.98. The molecule has 0 aliphatic carbocycles. The Balaban J connectivity index is 1.26. The van der Waals surface area contributed by atoms with Gasteiger partial charge in [-0.05, 0) is 29.3 Å². The molecule has 1 aliphatic rings. The van der Waals surface area contributed by atoms with Crippen molar-refractivity contribution in [3.63, 3.8) is 0 Å². The summed E-state index contributed by atoms with van der Waals surface area (Å²) >= 11 is 0. The zero-order valence-corrected chi connectivity index (χ0v) is 16.7. The molecule has 2 aromatic carbocycles. The molecule has 7 nitrogen and oxygen atoms in total. The van der Waals surface area contributed by atoms with Crippen molar-refractivity contribution in [1.82, 2.24) is 15.1 Å². The Morgan fingerprint density at radius 2 is 1.90 bits per heavy atom. The highest BCUT2D eigenvalue weighted by Crippen LogP contribution is 2.31. The van der Waals surface area contributed by atoms with Gasteiger partial charge in [0.2, 0.25) is 11.8 Å². The lowest BCUT2D eigenvalue weighted by molar-refractivity contribution is -0.125. The molecule has 0 spiro atoms. The highest BCUT2D eigenvalue weighted by molar-refractivity contribution is 5.97. The maximum atomic E-state index is 12.6. The van der Waals surface area contributed by atoms with E-state index in [2.05, 4.69) is 16.5 Å². The molecule has 4 rings (SSSR count). The van der Waals surface area contributed by atoms with Crippen LogP contribution in [-0.4, -0.2) is 34.7 Å². The van der Waals surface area contributed by atoms with Crippen LogP contribution in [0.15, 0.2) is 67.0 Å². The molecule has 1 aromatic heterocycles. The molecule has 2 heterocycles. The van der Waals surface area contributed by atoms with Crippen LogP contribution in [0.3, 0.4) is 0 Å². The summed E-state index contributed by atoms with van der Waals surface area (Å²) in [6, 6.07) is 17.4. The van der Waals surface area contributed by atoms with Crippen LogP contribution < -0.4 is 15.0 Å². The second-order valence-corrected chi connectivity index (χ2v) is 7.16. The number of hydrogen-bond acceptors (Lipinski definition) is 4. The van der Waals surface area contributed by atoms with Crippen LogP contribution in [0.5, 0.6) is 5.75 Å². The van der Waals surface area contributed by atoms with Crippen molar-refractivity contribution in [3.05, 3.63) is 78.1 Å². The molecule has 1 N–H and O–H groups in total. The fourth-order valence-electron chi connectivity index (χ4n) is 3.49. The zero-order chi connectivity index (χ0) is 20.8. The quantitative estimate of drug-likeness (QED) is 0.657. The first-order chi connectivity index (χ1) is 14.7. The maximum Gasteiger partial charge on any atom is 0.227 e. The summed E-state index contributed by atoms with van der Waals surface area (Å²) in [4.78, 5) is 26.6. The average Bonchev–Trinajstić information content (AvgIpc) is 3.29. The molecule has 0 fully saturated rings. The van der Waals surface area contributed by atoms with Gasteiger partial charge in [0.25, 0.3) is 0 Å². The van der Waals surface area contributed by atoms with Gasteiger partial charge < -0.3 is 15.0 Å². The number of ether oxygens (including phenoxy) is 1. The summed E-state index contributed by atoms with van der Waals surface area (Å²) in [5, 5.41) is 7.12. The molecular weight excluding hydrogens is 380 g/mol. The summed E-state index contributed by atoms with van der Waals surface area (Å²) < 4.78 is 7.44. The van der Waals surface area contributed by atoms with Crippen LogP contribution in [0.4, 0.5) is 5.69 Å². The van der Waals surface area contributed by atoms with Crippen LogP contribution >= 0.6 is 0 Å². The van der Waals surface area contributed by atoms with E-state index in [-0.39, 0.29) is 24.7 Å². The average molecular weight is 404 g/mol. The van der Waals surface area contributed by atoms with Crippen molar-refractivity contribution in [2.45, 2.75) is 25.9 Å². The lowest BCUT2D eigenvalue weighted by Gasteiger charge is -2.29. The molecule has 30 heavy (non-hydrogen) atoms. The number of aromatic nitrogens is 2. The van der Waals surface area contributed by atoms with Crippen molar-refractivity contribution in [2.75, 3.05) is 18.1 Å². The van der Waals surface area contributed by atoms with E-state index >= 15 is 0 Å². The molecule has 154 valence electrons. The van der Waals surface area contributed by atoms with E-state index in [1.54, 1.807) is 11.1 Å². The van der Waals surface area contributed by atoms with Crippen LogP contribution in [0, 0.1) is 0 Å². The minimum atomic E-state index is -0.137. The number of fused-ring (bicyclic) bond motifs is 1. The van der Waals surface area contributed by atoms with Gasteiger partial charge in [-0.1, -0.05) is 36.4 Å². The van der Waals surface area contributed by atoms with Crippen molar-refractivity contribution in [3.8, 4) is 5.75 Å². The minimum Gasteiger partial charge on any atom is -0.490 e. The van der Waals surface area contributed by atoms with E-state index in [1.807, 2.05) is 59.4 Å². The SMILES string of the molecule is O=C(CCC(=O)N1CCOc2ccccc21)NCc1cccc(Cn2cccn2)c1. The molecule has 1 aliphatic heterocycles. The maximum absolute atomic E-state index is 12.6. The number of rotatable bonds is 7. The van der Waals surface area contributed by atoms with Crippen molar-refractivity contribution in [2.24, 2.45) is 0 Å². The summed E-state index contributed by atoms with van der Waals surface area (Å²) in [6.07, 6.45) is 3.99. The van der Waals surface area contributed by atoms with Crippen molar-refractivity contribution < 1.29 is 14.3 Å². The largest absolute Gasteiger partial charge is 0.490 e. The molecule has 3 aromatic rings. The van der Waals surface area contributed by atoms with Crippen LogP contribution in [0.1, 0.15) is 24.0 Å². The summed E-state index contributed by atoms with van der Waals surface area (Å²) in [5.74, 6) is 0.501. The molecule has 0 atom stereocenters. The van der Waals surface area contributed by atoms with Gasteiger partial charge in [0.05, 0.1) is 18.8 Å². The number of carbonyl (C=O) groups is 2. The molecule has 0 saturated heterocycles. The highest BCUT2D eigenvalue weighted by atomic mass is 16.5. The molecule has 0 radical (unpaired) electrons. The molecule has 0 saturated carbocycles. The molecule has 0 unspecified atom stereocenters. The lowest BCUT2D eigenvalue weighted by Crippen LogP contribution is -2.38. The van der Waals surface area contributed by atoms with E-state index in [0.29, 0.717) is 32.0 Å². The second kappa shape index (κ2) is 9.26. The Morgan fingerprint density at radius 1 is 1.03 bits per heavy atom. The van der Waals surface area contributed by atoms with Gasteiger partial charge in [-0.15, -0.1) is 0 Å². The smallest absolute Gasteiger partial charge is 0.227 e. The van der Waals surface area contributed by atoms with E-state index in [9.17, 15) is 9.59 Å². The van der Waals surface area contributed by atoms with E-state index < -0.39 is 0 Å². The Hall–Kier alpha value is -3.61. The fourth-order valence-corrected chi connectivity index (χ4v) is 3.49. The molecule has 7 heteroatoms. The third-order valence-corrected chi connectivity index (χ3v) is 4.98. The minimum absolute atomic E-state index is 0.0675. The van der Waals surface area contributed by atoms with Gasteiger partial charge in [0.15, 0.2) is 0 Å². The van der Waals surface area contributed by atoms with Gasteiger partial charge in [-0.2, -0.15) is 5.10 Å². The standard InChI is InChI=1S/C23H24N4O3/c28-22(9-10-23(29)27-13-14-30-21-8-2-1-7-20(21)27)24-16-18-5-3-6-19(15-18)17-26-12-4-11-25-26/h1-8,11-12,15H,9-10,13-14,16-17H2,(H,24,28). The summed E-state index contributed by atoms with van der Waals surface area (Å²) in [7, 11) is 0. The Bertz CT molecular complexity index is 1020. The fraction of sp³-hybridized carbons (Fsp3) is 0.261. The number of nitrogens with zero attached hydrogens (tertiary/aromatic N) is 3. The monoisotopic (exact) mass is 404 g/mol. The first-order valence-electron chi connectivity index (χ1n) is 10.0. The van der Waals surface area contributed by atoms with Gasteiger partial charge in [-0.3, -0.25) is 14.3 Å². The molecular formula is C23H24N4O3. The van der Waals surface area contributed by atoms with E-state index in [0.717, 1.165) is 16.8 Å². The summed E-state index contributed by atoms with van der Waals surface area (Å²) in [6.45, 7) is 2.08. The van der Waals surface area contributed by atoms with Crippen LogP contribution in [0.25, 0.3) is 0 Å². The number of anilines is 1. The Labute approximate surface area is 175 Å². The number of hydrogen-bond donors (Lipinski definition) is 1. The Kier molecular flexibility index (Phi) is 6.08. The van der Waals surface area contributed by atoms with Gasteiger partial charge >= 0.3 is 0 Å². The predicted octanol–water partition coefficient (Wildman–Crippen LogP) is 2.75. The van der Waals surface area contributed by atoms with Crippen molar-refractivity contribution in [1.29, 1.82) is 0 Å². The number of benzene rings is 2. The lowest BCUT2D eigenvalue weighted by atomic mass is 10.1. The number of amides is 2. The molecule has 0 bridgehead atoms. The first-order valence-corrected chi connectivity index (χ1v) is 10.0. The number of nitrogens with one attached hydrogen (secondary N) is 1. The zero-order valence-electron chi connectivity index (χ0n) is 16.7. The predicted molar refractivity (Wildman–Crippen MR) is 113 cm³/mol. The van der Waals surface area contributed by atoms with Gasteiger partial charge in [-0.25, -0.2) is 0 Å². The van der Waals surface area contributed by atoms with Crippen LogP contribution in [0.2, 0.25) is 0 Å². The summed E-state index contributed by atoms with van der Waals surface area (Å²) in [5.41, 5.74) is 2.90. The first kappa shape index (κ1) is 19.7. The van der Waals surface area contributed by atoms with E-state index in [1.165, 1.54) is 0 Å². The molecule has 2 amide bonds. The number of carbonyl (C=O) groups excluding carboxylic acids is 2.